The maximum Gasteiger partial charge on any atom is 0.267 e. The zero-order valence-corrected chi connectivity index (χ0v) is 6.83. The van der Waals surface area contributed by atoms with Crippen LogP contribution < -0.4 is 4.72 Å². The Balaban J connectivity index is 2.83. The second kappa shape index (κ2) is 1.83. The van der Waals surface area contributed by atoms with Gasteiger partial charge in [0.05, 0.1) is 5.56 Å². The summed E-state index contributed by atoms with van der Waals surface area (Å²) in [6.45, 7) is 0. The molecule has 2 rings (SSSR count). The summed E-state index contributed by atoms with van der Waals surface area (Å²) in [5, 5.41) is 2.97. The third-order valence-corrected chi connectivity index (χ3v) is 3.65. The summed E-state index contributed by atoms with van der Waals surface area (Å²) < 4.78 is 23.9. The minimum atomic E-state index is -3.50. The number of carbonyl (C=O) groups excluding carboxylic acids is 1. The SMILES string of the molecule is O=C1NS(=O)(=O)c2cscc21. The van der Waals surface area contributed by atoms with E-state index in [2.05, 4.69) is 0 Å². The van der Waals surface area contributed by atoms with Crippen molar-refractivity contribution < 1.29 is 13.2 Å². The van der Waals surface area contributed by atoms with Crippen LogP contribution >= 0.6 is 11.3 Å². The molecule has 11 heavy (non-hydrogen) atoms. The molecule has 1 aromatic heterocycles. The molecular formula is C5H3NO3S2. The minimum absolute atomic E-state index is 0.104. The lowest BCUT2D eigenvalue weighted by Gasteiger charge is -1.89. The zero-order chi connectivity index (χ0) is 8.06. The van der Waals surface area contributed by atoms with Crippen LogP contribution in [0.4, 0.5) is 0 Å². The van der Waals surface area contributed by atoms with Crippen LogP contribution in [0.5, 0.6) is 0 Å². The van der Waals surface area contributed by atoms with Gasteiger partial charge < -0.3 is 0 Å². The number of fused-ring (bicyclic) bond motifs is 1. The summed E-state index contributed by atoms with van der Waals surface area (Å²) >= 11 is 1.21. The summed E-state index contributed by atoms with van der Waals surface area (Å²) in [6.07, 6.45) is 0. The average molecular weight is 189 g/mol. The van der Waals surface area contributed by atoms with Crippen LogP contribution in [0.2, 0.25) is 0 Å². The Kier molecular flexibility index (Phi) is 1.13. The molecule has 1 aliphatic heterocycles. The molecule has 2 heterocycles. The Labute approximate surface area is 66.9 Å². The molecule has 0 atom stereocenters. The van der Waals surface area contributed by atoms with Crippen molar-refractivity contribution in [1.82, 2.24) is 4.72 Å². The van der Waals surface area contributed by atoms with E-state index in [0.29, 0.717) is 0 Å². The van der Waals surface area contributed by atoms with E-state index in [-0.39, 0.29) is 10.5 Å². The number of hydrogen-bond donors (Lipinski definition) is 1. The van der Waals surface area contributed by atoms with Crippen molar-refractivity contribution in [3.8, 4) is 0 Å². The van der Waals surface area contributed by atoms with Crippen molar-refractivity contribution in [2.75, 3.05) is 0 Å². The van der Waals surface area contributed by atoms with Crippen molar-refractivity contribution >= 4 is 27.3 Å². The van der Waals surface area contributed by atoms with Gasteiger partial charge in [0.25, 0.3) is 15.9 Å². The first-order valence-electron chi connectivity index (χ1n) is 2.74. The van der Waals surface area contributed by atoms with E-state index in [0.717, 1.165) is 0 Å². The quantitative estimate of drug-likeness (QED) is 0.633. The Bertz CT molecular complexity index is 417. The lowest BCUT2D eigenvalue weighted by molar-refractivity contribution is 0.0985. The second-order valence-corrected chi connectivity index (χ2v) is 4.48. The monoisotopic (exact) mass is 189 g/mol. The van der Waals surface area contributed by atoms with Crippen LogP contribution in [0.1, 0.15) is 10.4 Å². The number of hydrogen-bond acceptors (Lipinski definition) is 4. The van der Waals surface area contributed by atoms with Gasteiger partial charge in [0.15, 0.2) is 0 Å². The van der Waals surface area contributed by atoms with E-state index < -0.39 is 15.9 Å². The molecule has 0 aliphatic carbocycles. The van der Waals surface area contributed by atoms with Crippen molar-refractivity contribution in [3.63, 3.8) is 0 Å². The highest BCUT2D eigenvalue weighted by molar-refractivity contribution is 7.90. The first-order chi connectivity index (χ1) is 5.11. The second-order valence-electron chi connectivity index (χ2n) is 2.08. The molecule has 1 N–H and O–H groups in total. The number of carbonyl (C=O) groups is 1. The third-order valence-electron chi connectivity index (χ3n) is 1.39. The molecule has 0 unspecified atom stereocenters. The number of thiophene rings is 1. The normalized spacial score (nSPS) is 19.5. The molecular weight excluding hydrogens is 186 g/mol. The third kappa shape index (κ3) is 0.795. The first-order valence-corrected chi connectivity index (χ1v) is 5.17. The predicted octanol–water partition coefficient (Wildman–Crippen LogP) is 0.180. The molecule has 6 heteroatoms. The van der Waals surface area contributed by atoms with Gasteiger partial charge in [-0.15, -0.1) is 0 Å². The topological polar surface area (TPSA) is 63.2 Å². The van der Waals surface area contributed by atoms with E-state index in [1.165, 1.54) is 22.1 Å². The van der Waals surface area contributed by atoms with Crippen molar-refractivity contribution in [2.45, 2.75) is 4.90 Å². The van der Waals surface area contributed by atoms with Gasteiger partial charge >= 0.3 is 0 Å². The van der Waals surface area contributed by atoms with Crippen molar-refractivity contribution in [2.24, 2.45) is 0 Å². The standard InChI is InChI=1S/C5H3NO3S2/c7-5-3-1-10-2-4(3)11(8,9)6-5/h1-2H,(H,6,7). The van der Waals surface area contributed by atoms with Crippen LogP contribution in [-0.4, -0.2) is 14.3 Å². The fourth-order valence-electron chi connectivity index (χ4n) is 0.891. The summed E-state index contributed by atoms with van der Waals surface area (Å²) in [6, 6.07) is 0. The molecule has 0 bridgehead atoms. The molecule has 1 aliphatic rings. The molecule has 1 amide bonds. The Morgan fingerprint density at radius 1 is 1.36 bits per heavy atom. The van der Waals surface area contributed by atoms with Crippen LogP contribution in [0, 0.1) is 0 Å². The van der Waals surface area contributed by atoms with Crippen molar-refractivity contribution in [3.05, 3.63) is 16.3 Å². The molecule has 0 fully saturated rings. The summed E-state index contributed by atoms with van der Waals surface area (Å²) in [7, 11) is -3.50. The molecule has 0 saturated carbocycles. The zero-order valence-electron chi connectivity index (χ0n) is 5.20. The van der Waals surface area contributed by atoms with E-state index in [4.69, 9.17) is 0 Å². The Morgan fingerprint density at radius 3 is 2.73 bits per heavy atom. The maximum absolute atomic E-state index is 11.0. The van der Waals surface area contributed by atoms with Crippen LogP contribution in [0.15, 0.2) is 15.7 Å². The van der Waals surface area contributed by atoms with Crippen LogP contribution in [-0.2, 0) is 10.0 Å². The molecule has 0 radical (unpaired) electrons. The highest BCUT2D eigenvalue weighted by Crippen LogP contribution is 2.25. The Hall–Kier alpha value is -0.880. The fourth-order valence-corrected chi connectivity index (χ4v) is 3.23. The minimum Gasteiger partial charge on any atom is -0.268 e. The van der Waals surface area contributed by atoms with Gasteiger partial charge in [-0.05, 0) is 0 Å². The molecule has 0 spiro atoms. The van der Waals surface area contributed by atoms with Crippen LogP contribution in [0.25, 0.3) is 0 Å². The highest BCUT2D eigenvalue weighted by Gasteiger charge is 2.32. The van der Waals surface area contributed by atoms with Gasteiger partial charge in [-0.25, -0.2) is 13.1 Å². The van der Waals surface area contributed by atoms with Gasteiger partial charge in [0, 0.05) is 10.8 Å². The van der Waals surface area contributed by atoms with Gasteiger partial charge in [-0.3, -0.25) is 4.79 Å². The highest BCUT2D eigenvalue weighted by atomic mass is 32.2. The number of sulfonamides is 1. The van der Waals surface area contributed by atoms with Gasteiger partial charge in [0.1, 0.15) is 4.90 Å². The summed E-state index contributed by atoms with van der Waals surface area (Å²) in [5.41, 5.74) is 0.259. The maximum atomic E-state index is 11.0. The molecule has 0 aromatic carbocycles. The Morgan fingerprint density at radius 2 is 2.09 bits per heavy atom. The lowest BCUT2D eigenvalue weighted by atomic mass is 10.3. The number of nitrogens with one attached hydrogen (secondary N) is 1. The summed E-state index contributed by atoms with van der Waals surface area (Å²) in [5.74, 6) is -0.527. The van der Waals surface area contributed by atoms with E-state index in [9.17, 15) is 13.2 Å². The van der Waals surface area contributed by atoms with Crippen LogP contribution in [0.3, 0.4) is 0 Å². The molecule has 4 nitrogen and oxygen atoms in total. The summed E-state index contributed by atoms with van der Waals surface area (Å²) in [4.78, 5) is 11.0. The van der Waals surface area contributed by atoms with Gasteiger partial charge in [0.2, 0.25) is 0 Å². The van der Waals surface area contributed by atoms with E-state index >= 15 is 0 Å². The van der Waals surface area contributed by atoms with Gasteiger partial charge in [-0.2, -0.15) is 11.3 Å². The molecule has 0 saturated heterocycles. The predicted molar refractivity (Wildman–Crippen MR) is 39.0 cm³/mol. The van der Waals surface area contributed by atoms with Crippen molar-refractivity contribution in [1.29, 1.82) is 0 Å². The number of amides is 1. The molecule has 58 valence electrons. The van der Waals surface area contributed by atoms with E-state index in [1.807, 2.05) is 4.72 Å². The first kappa shape index (κ1) is 6.81. The largest absolute Gasteiger partial charge is 0.268 e. The number of rotatable bonds is 0. The lowest BCUT2D eigenvalue weighted by Crippen LogP contribution is -2.20. The average Bonchev–Trinajstić information content (AvgIpc) is 2.37. The van der Waals surface area contributed by atoms with Gasteiger partial charge in [-0.1, -0.05) is 0 Å². The van der Waals surface area contributed by atoms with E-state index in [1.54, 1.807) is 0 Å². The fraction of sp³-hybridized carbons (Fsp3) is 0. The molecule has 1 aromatic rings. The smallest absolute Gasteiger partial charge is 0.267 e.